The minimum absolute atomic E-state index is 0.0502. The van der Waals surface area contributed by atoms with E-state index in [2.05, 4.69) is 0 Å². The summed E-state index contributed by atoms with van der Waals surface area (Å²) in [6, 6.07) is 5.20. The highest BCUT2D eigenvalue weighted by molar-refractivity contribution is 5.88. The number of rotatable bonds is 7. The summed E-state index contributed by atoms with van der Waals surface area (Å²) in [5.74, 6) is -4.37. The van der Waals surface area contributed by atoms with Gasteiger partial charge in [0.05, 0.1) is 12.7 Å². The van der Waals surface area contributed by atoms with Crippen LogP contribution in [0.25, 0.3) is 22.3 Å². The van der Waals surface area contributed by atoms with Crippen molar-refractivity contribution in [3.8, 4) is 40.1 Å². The van der Waals surface area contributed by atoms with Crippen LogP contribution in [0.3, 0.4) is 0 Å². The number of phenols is 4. The van der Waals surface area contributed by atoms with Crippen molar-refractivity contribution in [2.24, 2.45) is 0 Å². The number of hydrogen-bond acceptors (Lipinski definition) is 17. The average Bonchev–Trinajstić information content (AvgIpc) is 2.99. The van der Waals surface area contributed by atoms with Crippen LogP contribution in [0.4, 0.5) is 0 Å². The van der Waals surface area contributed by atoms with E-state index in [1.165, 1.54) is 13.0 Å². The van der Waals surface area contributed by atoms with Gasteiger partial charge >= 0.3 is 5.97 Å². The summed E-state index contributed by atoms with van der Waals surface area (Å²) in [6.45, 7) is 1.78. The quantitative estimate of drug-likeness (QED) is 0.108. The summed E-state index contributed by atoms with van der Waals surface area (Å²) >= 11 is 0. The summed E-state index contributed by atoms with van der Waals surface area (Å²) in [5, 5.41) is 91.9. The maximum atomic E-state index is 13.8. The number of carbonyl (C=O) groups excluding carboxylic acids is 1. The third kappa shape index (κ3) is 6.26. The fourth-order valence-corrected chi connectivity index (χ4v) is 5.14. The fourth-order valence-electron chi connectivity index (χ4n) is 5.14. The molecule has 2 aliphatic heterocycles. The molecule has 0 unspecified atom stereocenters. The van der Waals surface area contributed by atoms with Gasteiger partial charge in [0.25, 0.3) is 0 Å². The predicted molar refractivity (Wildman–Crippen MR) is 150 cm³/mol. The molecule has 0 bridgehead atoms. The van der Waals surface area contributed by atoms with Gasteiger partial charge in [0.1, 0.15) is 59.1 Å². The topological polar surface area (TPSA) is 275 Å². The van der Waals surface area contributed by atoms with E-state index < -0.39 is 119 Å². The Morgan fingerprint density at radius 3 is 2.22 bits per heavy atom. The standard InChI is InChI=1S/C29H32O17/c1-9-19(35)22(38)24(40)28(42-9)41-8-17-20(36)23(39)27(43-10(2)30)29(45-17)46-26-21(37)18-15(34)6-12(31)7-16(18)44-25(26)11-3-4-13(32)14(33)5-11/h3-7,9,17,19-20,22-24,27-29,31-36,38-40H,8H2,1-2H3/t9-,17-,19-,20+,22+,23-,24-,27+,28+,29-/m1/s1. The van der Waals surface area contributed by atoms with Gasteiger partial charge in [-0.2, -0.15) is 0 Å². The number of hydrogen-bond donors (Lipinski definition) is 9. The molecule has 0 aliphatic carbocycles. The number of fused-ring (bicyclic) bond motifs is 1. The lowest BCUT2D eigenvalue weighted by atomic mass is 9.98. The van der Waals surface area contributed by atoms with Crippen LogP contribution >= 0.6 is 0 Å². The second-order valence-electron chi connectivity index (χ2n) is 10.9. The van der Waals surface area contributed by atoms with Crippen molar-refractivity contribution in [2.75, 3.05) is 6.61 Å². The smallest absolute Gasteiger partial charge is 0.303 e. The summed E-state index contributed by atoms with van der Waals surface area (Å²) in [5.41, 5.74) is -1.40. The molecule has 17 nitrogen and oxygen atoms in total. The van der Waals surface area contributed by atoms with Gasteiger partial charge in [-0.05, 0) is 25.1 Å². The number of ether oxygens (including phenoxy) is 5. The zero-order chi connectivity index (χ0) is 33.6. The molecule has 0 amide bonds. The predicted octanol–water partition coefficient (Wildman–Crippen LogP) is -1.12. The second-order valence-corrected chi connectivity index (χ2v) is 10.9. The largest absolute Gasteiger partial charge is 0.508 e. The Morgan fingerprint density at radius 2 is 1.54 bits per heavy atom. The lowest BCUT2D eigenvalue weighted by molar-refractivity contribution is -0.319. The molecule has 2 saturated heterocycles. The van der Waals surface area contributed by atoms with Gasteiger partial charge in [0, 0.05) is 24.6 Å². The number of aliphatic hydroxyl groups is 5. The van der Waals surface area contributed by atoms with Crippen molar-refractivity contribution in [2.45, 2.75) is 75.3 Å². The Balaban J connectivity index is 1.53. The van der Waals surface area contributed by atoms with E-state index in [4.69, 9.17) is 28.1 Å². The van der Waals surface area contributed by atoms with Crippen LogP contribution in [0.15, 0.2) is 39.5 Å². The molecule has 0 radical (unpaired) electrons. The minimum Gasteiger partial charge on any atom is -0.508 e. The number of carbonyl (C=O) groups is 1. The molecule has 0 saturated carbocycles. The van der Waals surface area contributed by atoms with Crippen molar-refractivity contribution in [3.63, 3.8) is 0 Å². The molecule has 10 atom stereocenters. The van der Waals surface area contributed by atoms with E-state index in [0.717, 1.165) is 31.2 Å². The maximum absolute atomic E-state index is 13.8. The molecule has 1 aromatic heterocycles. The zero-order valence-electron chi connectivity index (χ0n) is 24.2. The van der Waals surface area contributed by atoms with Crippen molar-refractivity contribution in [1.82, 2.24) is 0 Å². The normalized spacial score (nSPS) is 31.5. The van der Waals surface area contributed by atoms with E-state index >= 15 is 0 Å². The van der Waals surface area contributed by atoms with Crippen LogP contribution in [0.2, 0.25) is 0 Å². The summed E-state index contributed by atoms with van der Waals surface area (Å²) in [4.78, 5) is 25.7. The van der Waals surface area contributed by atoms with Crippen LogP contribution < -0.4 is 10.2 Å². The van der Waals surface area contributed by atoms with E-state index in [1.54, 1.807) is 0 Å². The highest BCUT2D eigenvalue weighted by atomic mass is 16.7. The van der Waals surface area contributed by atoms with Crippen LogP contribution in [0, 0.1) is 0 Å². The van der Waals surface area contributed by atoms with Crippen molar-refractivity contribution >= 4 is 16.9 Å². The van der Waals surface area contributed by atoms with E-state index in [1.807, 2.05) is 0 Å². The Bertz CT molecular complexity index is 1650. The summed E-state index contributed by atoms with van der Waals surface area (Å²) < 4.78 is 33.4. The Kier molecular flexibility index (Phi) is 9.30. The Morgan fingerprint density at radius 1 is 0.826 bits per heavy atom. The highest BCUT2D eigenvalue weighted by Crippen LogP contribution is 2.39. The number of aromatic hydroxyl groups is 4. The van der Waals surface area contributed by atoms with Gasteiger partial charge < -0.3 is 74.1 Å². The molecule has 3 heterocycles. The van der Waals surface area contributed by atoms with Gasteiger partial charge in [-0.1, -0.05) is 0 Å². The first kappa shape index (κ1) is 33.2. The second kappa shape index (κ2) is 12.9. The molecule has 2 fully saturated rings. The van der Waals surface area contributed by atoms with Crippen LogP contribution in [0.5, 0.6) is 28.7 Å². The van der Waals surface area contributed by atoms with Gasteiger partial charge in [0.2, 0.25) is 17.5 Å². The third-order valence-electron chi connectivity index (χ3n) is 7.57. The average molecular weight is 653 g/mol. The zero-order valence-corrected chi connectivity index (χ0v) is 24.2. The number of phenolic OH excluding ortho intramolecular Hbond substituents is 4. The molecule has 17 heteroatoms. The van der Waals surface area contributed by atoms with Crippen LogP contribution in [-0.4, -0.2) is 120 Å². The van der Waals surface area contributed by atoms with Crippen LogP contribution in [0.1, 0.15) is 13.8 Å². The van der Waals surface area contributed by atoms with Gasteiger partial charge in [-0.3, -0.25) is 9.59 Å². The molecular weight excluding hydrogens is 620 g/mol. The Hall–Kier alpha value is -4.20. The number of benzene rings is 2. The summed E-state index contributed by atoms with van der Waals surface area (Å²) in [6.07, 6.45) is -16.1. The first-order chi connectivity index (χ1) is 21.7. The lowest BCUT2D eigenvalue weighted by Gasteiger charge is -2.43. The SMILES string of the molecule is CC(=O)O[C@@H]1[C@@H](Oc2c(-c3ccc(O)c(O)c3)oc3cc(O)cc(O)c3c2=O)O[C@H](CO[C@H]2O[C@H](C)[C@@H](O)[C@H](O)[C@H]2O)[C@H](O)[C@H]1O. The van der Waals surface area contributed by atoms with Crippen LogP contribution in [-0.2, 0) is 23.7 Å². The third-order valence-corrected chi connectivity index (χ3v) is 7.57. The van der Waals surface area contributed by atoms with Gasteiger partial charge in [-0.15, -0.1) is 0 Å². The molecule has 5 rings (SSSR count). The van der Waals surface area contributed by atoms with Crippen molar-refractivity contribution in [3.05, 3.63) is 40.6 Å². The molecule has 250 valence electrons. The number of esters is 1. The van der Waals surface area contributed by atoms with Crippen molar-refractivity contribution in [1.29, 1.82) is 0 Å². The molecule has 46 heavy (non-hydrogen) atoms. The first-order valence-electron chi connectivity index (χ1n) is 13.9. The highest BCUT2D eigenvalue weighted by Gasteiger charge is 2.50. The molecule has 3 aromatic rings. The monoisotopic (exact) mass is 652 g/mol. The lowest BCUT2D eigenvalue weighted by Crippen LogP contribution is -2.62. The summed E-state index contributed by atoms with van der Waals surface area (Å²) in [7, 11) is 0. The molecule has 2 aliphatic rings. The molecule has 0 spiro atoms. The van der Waals surface area contributed by atoms with E-state index in [-0.39, 0.29) is 11.1 Å². The molecular formula is C29H32O17. The first-order valence-corrected chi connectivity index (χ1v) is 13.9. The fraction of sp³-hybridized carbons (Fsp3) is 0.448. The van der Waals surface area contributed by atoms with Crippen molar-refractivity contribution < 1.29 is 78.9 Å². The maximum Gasteiger partial charge on any atom is 0.303 e. The number of aliphatic hydroxyl groups excluding tert-OH is 5. The van der Waals surface area contributed by atoms with Gasteiger partial charge in [0.15, 0.2) is 29.7 Å². The van der Waals surface area contributed by atoms with Gasteiger partial charge in [-0.25, -0.2) is 0 Å². The van der Waals surface area contributed by atoms with E-state index in [0.29, 0.717) is 0 Å². The molecule has 2 aromatic carbocycles. The van der Waals surface area contributed by atoms with E-state index in [9.17, 15) is 55.5 Å². The molecule has 9 N–H and O–H groups in total. The Labute approximate surface area is 258 Å². The minimum atomic E-state index is -1.92.